The normalized spacial score (nSPS) is 13.4. The van der Waals surface area contributed by atoms with Crippen LogP contribution in [0.5, 0.6) is 0 Å². The van der Waals surface area contributed by atoms with Crippen molar-refractivity contribution in [3.63, 3.8) is 0 Å². The SMILES string of the molecule is Cl.NCCOCCN1CCc2ccccc21. The van der Waals surface area contributed by atoms with E-state index in [9.17, 15) is 0 Å². The summed E-state index contributed by atoms with van der Waals surface area (Å²) in [6.45, 7) is 4.12. The molecule has 3 nitrogen and oxygen atoms in total. The summed E-state index contributed by atoms with van der Waals surface area (Å²) in [5.41, 5.74) is 8.18. The zero-order chi connectivity index (χ0) is 10.5. The minimum Gasteiger partial charge on any atom is -0.378 e. The van der Waals surface area contributed by atoms with Crippen molar-refractivity contribution in [2.24, 2.45) is 5.73 Å². The van der Waals surface area contributed by atoms with Crippen molar-refractivity contribution >= 4 is 18.1 Å². The molecule has 2 N–H and O–H groups in total. The van der Waals surface area contributed by atoms with Gasteiger partial charge in [-0.05, 0) is 18.1 Å². The number of para-hydroxylation sites is 1. The third-order valence-corrected chi connectivity index (χ3v) is 2.75. The Morgan fingerprint density at radius 3 is 2.88 bits per heavy atom. The Morgan fingerprint density at radius 1 is 1.25 bits per heavy atom. The van der Waals surface area contributed by atoms with Crippen molar-refractivity contribution in [1.82, 2.24) is 0 Å². The van der Waals surface area contributed by atoms with E-state index in [1.807, 2.05) is 0 Å². The largest absolute Gasteiger partial charge is 0.378 e. The second-order valence-corrected chi connectivity index (χ2v) is 3.77. The zero-order valence-corrected chi connectivity index (χ0v) is 10.2. The van der Waals surface area contributed by atoms with Gasteiger partial charge in [0.05, 0.1) is 13.2 Å². The number of fused-ring (bicyclic) bond motifs is 1. The van der Waals surface area contributed by atoms with Crippen LogP contribution in [0.1, 0.15) is 5.56 Å². The summed E-state index contributed by atoms with van der Waals surface area (Å²) in [4.78, 5) is 2.38. The highest BCUT2D eigenvalue weighted by Gasteiger charge is 2.17. The van der Waals surface area contributed by atoms with Crippen molar-refractivity contribution in [1.29, 1.82) is 0 Å². The lowest BCUT2D eigenvalue weighted by atomic mass is 10.2. The molecule has 0 bridgehead atoms. The monoisotopic (exact) mass is 242 g/mol. The highest BCUT2D eigenvalue weighted by molar-refractivity contribution is 5.85. The van der Waals surface area contributed by atoms with Crippen LogP contribution >= 0.6 is 12.4 Å². The lowest BCUT2D eigenvalue weighted by molar-refractivity contribution is 0.148. The average molecular weight is 243 g/mol. The maximum atomic E-state index is 5.39. The van der Waals surface area contributed by atoms with Gasteiger partial charge >= 0.3 is 0 Å². The fraction of sp³-hybridized carbons (Fsp3) is 0.500. The van der Waals surface area contributed by atoms with Crippen LogP contribution in [0.3, 0.4) is 0 Å². The molecule has 0 fully saturated rings. The Labute approximate surface area is 103 Å². The van der Waals surface area contributed by atoms with Crippen LogP contribution in [0.25, 0.3) is 0 Å². The standard InChI is InChI=1S/C12H18N2O.ClH/c13-6-9-15-10-8-14-7-5-11-3-1-2-4-12(11)14;/h1-4H,5-10,13H2;1H. The number of rotatable bonds is 5. The fourth-order valence-corrected chi connectivity index (χ4v) is 2.00. The lowest BCUT2D eigenvalue weighted by Gasteiger charge is -2.18. The highest BCUT2D eigenvalue weighted by Crippen LogP contribution is 2.26. The molecule has 16 heavy (non-hydrogen) atoms. The molecule has 0 unspecified atom stereocenters. The van der Waals surface area contributed by atoms with Gasteiger partial charge in [-0.3, -0.25) is 0 Å². The highest BCUT2D eigenvalue weighted by atomic mass is 35.5. The second-order valence-electron chi connectivity index (χ2n) is 3.77. The maximum absolute atomic E-state index is 5.39. The van der Waals surface area contributed by atoms with Gasteiger partial charge in [-0.2, -0.15) is 0 Å². The van der Waals surface area contributed by atoms with E-state index in [1.54, 1.807) is 0 Å². The number of benzene rings is 1. The van der Waals surface area contributed by atoms with Crippen LogP contribution < -0.4 is 10.6 Å². The molecular weight excluding hydrogens is 224 g/mol. The third kappa shape index (κ3) is 3.11. The van der Waals surface area contributed by atoms with Crippen molar-refractivity contribution in [2.75, 3.05) is 37.7 Å². The number of ether oxygens (including phenoxy) is 1. The molecule has 2 rings (SSSR count). The van der Waals surface area contributed by atoms with E-state index in [-0.39, 0.29) is 12.4 Å². The van der Waals surface area contributed by atoms with E-state index < -0.39 is 0 Å². The van der Waals surface area contributed by atoms with Gasteiger partial charge < -0.3 is 15.4 Å². The average Bonchev–Trinajstić information content (AvgIpc) is 2.68. The Bertz CT molecular complexity index is 320. The van der Waals surface area contributed by atoms with E-state index in [0.29, 0.717) is 13.2 Å². The van der Waals surface area contributed by atoms with E-state index in [1.165, 1.54) is 11.3 Å². The molecule has 1 aliphatic heterocycles. The van der Waals surface area contributed by atoms with Gasteiger partial charge in [0.1, 0.15) is 0 Å². The Morgan fingerprint density at radius 2 is 2.06 bits per heavy atom. The first-order valence-corrected chi connectivity index (χ1v) is 5.52. The first kappa shape index (κ1) is 13.3. The molecule has 0 radical (unpaired) electrons. The van der Waals surface area contributed by atoms with E-state index in [0.717, 1.165) is 26.1 Å². The van der Waals surface area contributed by atoms with Gasteiger partial charge in [0.15, 0.2) is 0 Å². The number of anilines is 1. The predicted octanol–water partition coefficient (Wildman–Crippen LogP) is 1.45. The van der Waals surface area contributed by atoms with Crippen molar-refractivity contribution in [2.45, 2.75) is 6.42 Å². The number of hydrogen-bond acceptors (Lipinski definition) is 3. The van der Waals surface area contributed by atoms with Crippen LogP contribution in [-0.4, -0.2) is 32.8 Å². The Hall–Kier alpha value is -0.770. The molecular formula is C12H19ClN2O. The summed E-state index contributed by atoms with van der Waals surface area (Å²) >= 11 is 0. The Kier molecular flexibility index (Phi) is 5.60. The van der Waals surface area contributed by atoms with Crippen molar-refractivity contribution in [3.8, 4) is 0 Å². The van der Waals surface area contributed by atoms with Gasteiger partial charge in [-0.15, -0.1) is 12.4 Å². The van der Waals surface area contributed by atoms with E-state index in [2.05, 4.69) is 29.2 Å². The van der Waals surface area contributed by atoms with Gasteiger partial charge in [0, 0.05) is 25.3 Å². The predicted molar refractivity (Wildman–Crippen MR) is 69.5 cm³/mol. The maximum Gasteiger partial charge on any atom is 0.0642 e. The van der Waals surface area contributed by atoms with Gasteiger partial charge in [0.25, 0.3) is 0 Å². The topological polar surface area (TPSA) is 38.5 Å². The first-order valence-electron chi connectivity index (χ1n) is 5.52. The molecule has 0 saturated carbocycles. The molecule has 1 aliphatic rings. The quantitative estimate of drug-likeness (QED) is 0.795. The number of hydrogen-bond donors (Lipinski definition) is 1. The molecule has 1 aromatic rings. The lowest BCUT2D eigenvalue weighted by Crippen LogP contribution is -2.26. The van der Waals surface area contributed by atoms with Crippen LogP contribution in [0.15, 0.2) is 24.3 Å². The molecule has 0 amide bonds. The minimum absolute atomic E-state index is 0. The smallest absolute Gasteiger partial charge is 0.0642 e. The molecule has 1 heterocycles. The van der Waals surface area contributed by atoms with Gasteiger partial charge in [-0.25, -0.2) is 0 Å². The zero-order valence-electron chi connectivity index (χ0n) is 9.39. The molecule has 4 heteroatoms. The van der Waals surface area contributed by atoms with Crippen molar-refractivity contribution in [3.05, 3.63) is 29.8 Å². The van der Waals surface area contributed by atoms with Crippen molar-refractivity contribution < 1.29 is 4.74 Å². The molecule has 0 saturated heterocycles. The summed E-state index contributed by atoms with van der Waals surface area (Å²) in [6.07, 6.45) is 1.16. The molecule has 1 aromatic carbocycles. The molecule has 0 spiro atoms. The third-order valence-electron chi connectivity index (χ3n) is 2.75. The summed E-state index contributed by atoms with van der Waals surface area (Å²) in [6, 6.07) is 8.59. The number of halogens is 1. The summed E-state index contributed by atoms with van der Waals surface area (Å²) in [7, 11) is 0. The van der Waals surface area contributed by atoms with Gasteiger partial charge in [-0.1, -0.05) is 18.2 Å². The molecule has 0 aromatic heterocycles. The van der Waals surface area contributed by atoms with Crippen LogP contribution in [0, 0.1) is 0 Å². The van der Waals surface area contributed by atoms with Crippen LogP contribution in [0.4, 0.5) is 5.69 Å². The minimum atomic E-state index is 0. The number of nitrogens with two attached hydrogens (primary N) is 1. The molecule has 0 aliphatic carbocycles. The molecule has 90 valence electrons. The van der Waals surface area contributed by atoms with E-state index in [4.69, 9.17) is 10.5 Å². The molecule has 0 atom stereocenters. The number of nitrogens with zero attached hydrogens (tertiary/aromatic N) is 1. The summed E-state index contributed by atoms with van der Waals surface area (Å²) in [5, 5.41) is 0. The van der Waals surface area contributed by atoms with Gasteiger partial charge in [0.2, 0.25) is 0 Å². The summed E-state index contributed by atoms with van der Waals surface area (Å²) in [5.74, 6) is 0. The van der Waals surface area contributed by atoms with E-state index >= 15 is 0 Å². The Balaban J connectivity index is 0.00000128. The first-order chi connectivity index (χ1) is 7.42. The fourth-order valence-electron chi connectivity index (χ4n) is 2.00. The second kappa shape index (κ2) is 6.74. The van der Waals surface area contributed by atoms with Crippen LogP contribution in [-0.2, 0) is 11.2 Å². The summed E-state index contributed by atoms with van der Waals surface area (Å²) < 4.78 is 5.39. The van der Waals surface area contributed by atoms with Crippen LogP contribution in [0.2, 0.25) is 0 Å².